The molecule has 0 bridgehead atoms. The minimum absolute atomic E-state index is 0.0247. The molecule has 0 saturated carbocycles. The molecule has 6 nitrogen and oxygen atoms in total. The highest BCUT2D eigenvalue weighted by Gasteiger charge is 2.08. The van der Waals surface area contributed by atoms with E-state index in [1.54, 1.807) is 19.1 Å². The van der Waals surface area contributed by atoms with E-state index in [9.17, 15) is 9.59 Å². The summed E-state index contributed by atoms with van der Waals surface area (Å²) in [4.78, 5) is 27.5. The minimum atomic E-state index is -0.766. The van der Waals surface area contributed by atoms with E-state index in [-0.39, 0.29) is 11.1 Å². The van der Waals surface area contributed by atoms with E-state index in [0.29, 0.717) is 17.9 Å². The van der Waals surface area contributed by atoms with Gasteiger partial charge in [-0.25, -0.2) is 9.59 Å². The molecule has 0 spiro atoms. The van der Waals surface area contributed by atoms with Crippen molar-refractivity contribution in [2.45, 2.75) is 20.8 Å². The molecule has 0 atom stereocenters. The summed E-state index contributed by atoms with van der Waals surface area (Å²) in [6.45, 7) is 5.68. The average Bonchev–Trinajstić information content (AvgIpc) is 2.45. The molecule has 0 saturated heterocycles. The van der Waals surface area contributed by atoms with Crippen molar-refractivity contribution in [3.63, 3.8) is 0 Å². The van der Waals surface area contributed by atoms with Gasteiger partial charge in [0.05, 0.1) is 12.2 Å². The van der Waals surface area contributed by atoms with E-state index < -0.39 is 12.1 Å². The summed E-state index contributed by atoms with van der Waals surface area (Å²) in [7, 11) is 0. The molecule has 0 aliphatic heterocycles. The molecule has 1 aromatic carbocycles. The predicted octanol–water partition coefficient (Wildman–Crippen LogP) is 3.62. The monoisotopic (exact) mass is 312 g/mol. The Morgan fingerprint density at radius 3 is 2.43 bits per heavy atom. The van der Waals surface area contributed by atoms with Crippen molar-refractivity contribution < 1.29 is 19.2 Å². The fourth-order valence-electron chi connectivity index (χ4n) is 1.24. The van der Waals surface area contributed by atoms with Gasteiger partial charge in [0.2, 0.25) is 0 Å². The Morgan fingerprint density at radius 2 is 1.90 bits per heavy atom. The van der Waals surface area contributed by atoms with Crippen LogP contribution in [0.2, 0.25) is 0 Å². The zero-order chi connectivity index (χ0) is 15.8. The number of amides is 1. The molecule has 7 heteroatoms. The minimum Gasteiger partial charge on any atom is -0.462 e. The Hall–Kier alpha value is -2.08. The van der Waals surface area contributed by atoms with Crippen LogP contribution in [0.4, 0.5) is 10.5 Å². The molecule has 1 rings (SSSR count). The van der Waals surface area contributed by atoms with Crippen molar-refractivity contribution in [1.82, 2.24) is 0 Å². The number of nitrogens with zero attached hydrogens (tertiary/aromatic N) is 1. The van der Waals surface area contributed by atoms with E-state index in [1.807, 2.05) is 13.8 Å². The molecule has 0 radical (unpaired) electrons. The van der Waals surface area contributed by atoms with Gasteiger partial charge >= 0.3 is 12.1 Å². The lowest BCUT2D eigenvalue weighted by Crippen LogP contribution is -2.12. The number of hydrogen-bond acceptors (Lipinski definition) is 5. The maximum atomic E-state index is 11.5. The van der Waals surface area contributed by atoms with E-state index in [1.165, 1.54) is 12.1 Å². The van der Waals surface area contributed by atoms with Gasteiger partial charge in [0.1, 0.15) is 5.17 Å². The first-order valence-electron chi connectivity index (χ1n) is 6.42. The summed E-state index contributed by atoms with van der Waals surface area (Å²) in [6.07, 6.45) is -0.766. The van der Waals surface area contributed by atoms with Crippen molar-refractivity contribution in [3.8, 4) is 0 Å². The number of ether oxygens (including phenoxy) is 1. The third-order valence-corrected chi connectivity index (χ3v) is 2.84. The lowest BCUT2D eigenvalue weighted by Gasteiger charge is -2.05. The first-order valence-corrected chi connectivity index (χ1v) is 6.80. The van der Waals surface area contributed by atoms with Crippen molar-refractivity contribution in [2.75, 3.05) is 11.9 Å². The molecular formula is C14H17ClN2O4. The number of oxime groups is 1. The Labute approximate surface area is 128 Å². The molecule has 0 aliphatic rings. The Kier molecular flexibility index (Phi) is 6.68. The molecule has 0 aliphatic carbocycles. The molecule has 1 amide bonds. The Balaban J connectivity index is 2.58. The molecule has 114 valence electrons. The smallest absolute Gasteiger partial charge is 0.437 e. The topological polar surface area (TPSA) is 77.0 Å². The fourth-order valence-corrected chi connectivity index (χ4v) is 1.27. The summed E-state index contributed by atoms with van der Waals surface area (Å²) < 4.78 is 4.85. The van der Waals surface area contributed by atoms with Crippen molar-refractivity contribution in [2.24, 2.45) is 11.1 Å². The SMILES string of the molecule is CCOC(=O)c1ccc(NC(=O)ON=C(Cl)C(C)C)cc1. The Bertz CT molecular complexity index is 526. The fraction of sp³-hybridized carbons (Fsp3) is 0.357. The second-order valence-corrected chi connectivity index (χ2v) is 4.76. The molecule has 0 fully saturated rings. The number of halogens is 1. The van der Waals surface area contributed by atoms with Crippen LogP contribution in [0.15, 0.2) is 29.4 Å². The van der Waals surface area contributed by atoms with Crippen LogP contribution in [0.3, 0.4) is 0 Å². The van der Waals surface area contributed by atoms with Crippen LogP contribution in [-0.2, 0) is 9.57 Å². The number of benzene rings is 1. The summed E-state index contributed by atoms with van der Waals surface area (Å²) in [5.41, 5.74) is 0.862. The van der Waals surface area contributed by atoms with Crippen LogP contribution in [0, 0.1) is 5.92 Å². The normalized spacial score (nSPS) is 11.2. The lowest BCUT2D eigenvalue weighted by molar-refractivity contribution is 0.0526. The Morgan fingerprint density at radius 1 is 1.29 bits per heavy atom. The average molecular weight is 313 g/mol. The number of esters is 1. The predicted molar refractivity (Wildman–Crippen MR) is 80.6 cm³/mol. The molecule has 0 unspecified atom stereocenters. The summed E-state index contributed by atoms with van der Waals surface area (Å²) in [6, 6.07) is 6.19. The van der Waals surface area contributed by atoms with Gasteiger partial charge in [0, 0.05) is 11.6 Å². The highest BCUT2D eigenvalue weighted by atomic mass is 35.5. The largest absolute Gasteiger partial charge is 0.462 e. The second-order valence-electron chi connectivity index (χ2n) is 4.37. The van der Waals surface area contributed by atoms with E-state index in [2.05, 4.69) is 15.3 Å². The molecular weight excluding hydrogens is 296 g/mol. The number of hydrogen-bond donors (Lipinski definition) is 1. The van der Waals surface area contributed by atoms with Gasteiger partial charge in [-0.15, -0.1) is 0 Å². The molecule has 0 aromatic heterocycles. The van der Waals surface area contributed by atoms with Crippen molar-refractivity contribution in [3.05, 3.63) is 29.8 Å². The quantitative estimate of drug-likeness (QED) is 0.390. The van der Waals surface area contributed by atoms with Crippen molar-refractivity contribution >= 4 is 34.5 Å². The summed E-state index contributed by atoms with van der Waals surface area (Å²) >= 11 is 5.74. The number of nitrogens with one attached hydrogen (secondary N) is 1. The van der Waals surface area contributed by atoms with Crippen LogP contribution >= 0.6 is 11.6 Å². The molecule has 1 aromatic rings. The second kappa shape index (κ2) is 8.26. The number of carbonyl (C=O) groups is 2. The maximum Gasteiger partial charge on any atom is 0.437 e. The van der Waals surface area contributed by atoms with Crippen LogP contribution in [-0.4, -0.2) is 23.8 Å². The number of rotatable bonds is 5. The van der Waals surface area contributed by atoms with Gasteiger partial charge in [-0.05, 0) is 31.2 Å². The molecule has 21 heavy (non-hydrogen) atoms. The zero-order valence-electron chi connectivity index (χ0n) is 12.1. The van der Waals surface area contributed by atoms with Gasteiger partial charge in [-0.2, -0.15) is 0 Å². The van der Waals surface area contributed by atoms with Crippen LogP contribution < -0.4 is 5.32 Å². The van der Waals surface area contributed by atoms with Gasteiger partial charge in [-0.1, -0.05) is 30.6 Å². The van der Waals surface area contributed by atoms with Crippen LogP contribution in [0.1, 0.15) is 31.1 Å². The van der Waals surface area contributed by atoms with Crippen molar-refractivity contribution in [1.29, 1.82) is 0 Å². The standard InChI is InChI=1S/C14H17ClN2O4/c1-4-20-13(18)10-5-7-11(8-6-10)16-14(19)21-17-12(15)9(2)3/h5-9H,4H2,1-3H3,(H,16,19). The van der Waals surface area contributed by atoms with Gasteiger partial charge < -0.3 is 4.74 Å². The zero-order valence-corrected chi connectivity index (χ0v) is 12.8. The highest BCUT2D eigenvalue weighted by molar-refractivity contribution is 6.65. The van der Waals surface area contributed by atoms with Gasteiger partial charge in [-0.3, -0.25) is 10.2 Å². The molecule has 1 N–H and O–H groups in total. The van der Waals surface area contributed by atoms with Gasteiger partial charge in [0.15, 0.2) is 0 Å². The highest BCUT2D eigenvalue weighted by Crippen LogP contribution is 2.11. The van der Waals surface area contributed by atoms with Crippen LogP contribution in [0.25, 0.3) is 0 Å². The number of carbonyl (C=O) groups excluding carboxylic acids is 2. The van der Waals surface area contributed by atoms with E-state index in [4.69, 9.17) is 16.3 Å². The van der Waals surface area contributed by atoms with Crippen LogP contribution in [0.5, 0.6) is 0 Å². The van der Waals surface area contributed by atoms with E-state index in [0.717, 1.165) is 0 Å². The maximum absolute atomic E-state index is 11.5. The summed E-state index contributed by atoms with van der Waals surface area (Å²) in [5, 5.41) is 6.14. The third kappa shape index (κ3) is 5.83. The first-order chi connectivity index (χ1) is 9.93. The number of anilines is 1. The summed E-state index contributed by atoms with van der Waals surface area (Å²) in [5.74, 6) is -0.441. The third-order valence-electron chi connectivity index (χ3n) is 2.33. The first kappa shape index (κ1) is 17.0. The molecule has 0 heterocycles. The van der Waals surface area contributed by atoms with Gasteiger partial charge in [0.25, 0.3) is 0 Å². The van der Waals surface area contributed by atoms with E-state index >= 15 is 0 Å². The lowest BCUT2D eigenvalue weighted by atomic mass is 10.2.